The first kappa shape index (κ1) is 9.36. The highest BCUT2D eigenvalue weighted by Gasteiger charge is 1.92. The molecule has 58 valence electrons. The minimum Gasteiger partial charge on any atom is -0.258 e. The van der Waals surface area contributed by atoms with Crippen molar-refractivity contribution in [3.8, 4) is 0 Å². The van der Waals surface area contributed by atoms with Gasteiger partial charge in [-0.15, -0.1) is 0 Å². The van der Waals surface area contributed by atoms with Crippen molar-refractivity contribution in [2.75, 3.05) is 0 Å². The fraction of sp³-hybridized carbons (Fsp3) is 0.429. The first-order valence-corrected chi connectivity index (χ1v) is 3.32. The maximum absolute atomic E-state index is 5.06. The molecule has 0 rings (SSSR count). The Morgan fingerprint density at radius 2 is 1.70 bits per heavy atom. The SMILES string of the molecule is C/C=C\C(/C=C\C)NNN. The van der Waals surface area contributed by atoms with Crippen LogP contribution >= 0.6 is 0 Å². The lowest BCUT2D eigenvalue weighted by Crippen LogP contribution is -2.43. The van der Waals surface area contributed by atoms with E-state index in [2.05, 4.69) is 11.0 Å². The number of hydrazine groups is 2. The largest absolute Gasteiger partial charge is 0.258 e. The van der Waals surface area contributed by atoms with Gasteiger partial charge in [0.2, 0.25) is 0 Å². The van der Waals surface area contributed by atoms with E-state index in [0.29, 0.717) is 0 Å². The summed E-state index contributed by atoms with van der Waals surface area (Å²) < 4.78 is 0. The summed E-state index contributed by atoms with van der Waals surface area (Å²) in [5, 5.41) is 0. The predicted molar refractivity (Wildman–Crippen MR) is 43.9 cm³/mol. The van der Waals surface area contributed by atoms with Crippen LogP contribution in [0.15, 0.2) is 24.3 Å². The molecule has 3 nitrogen and oxygen atoms in total. The quantitative estimate of drug-likeness (QED) is 0.303. The molecule has 0 aromatic heterocycles. The number of allylic oxidation sites excluding steroid dienone is 2. The molecule has 4 N–H and O–H groups in total. The predicted octanol–water partition coefficient (Wildman–Crippen LogP) is 0.475. The summed E-state index contributed by atoms with van der Waals surface area (Å²) in [7, 11) is 0. The highest BCUT2D eigenvalue weighted by Crippen LogP contribution is 1.86. The molecule has 0 aliphatic rings. The molecule has 0 unspecified atom stereocenters. The summed E-state index contributed by atoms with van der Waals surface area (Å²) >= 11 is 0. The van der Waals surface area contributed by atoms with Gasteiger partial charge in [0.25, 0.3) is 0 Å². The van der Waals surface area contributed by atoms with E-state index in [1.807, 2.05) is 38.2 Å². The van der Waals surface area contributed by atoms with Crippen LogP contribution in [0.4, 0.5) is 0 Å². The topological polar surface area (TPSA) is 50.1 Å². The van der Waals surface area contributed by atoms with Crippen LogP contribution in [0.3, 0.4) is 0 Å². The van der Waals surface area contributed by atoms with Gasteiger partial charge in [-0.3, -0.25) is 5.84 Å². The van der Waals surface area contributed by atoms with Gasteiger partial charge in [-0.1, -0.05) is 24.3 Å². The zero-order valence-corrected chi connectivity index (χ0v) is 6.46. The first-order chi connectivity index (χ1) is 4.85. The van der Waals surface area contributed by atoms with E-state index in [4.69, 9.17) is 5.84 Å². The Bertz CT molecular complexity index is 106. The normalized spacial score (nSPS) is 12.4. The molecule has 0 aliphatic heterocycles. The van der Waals surface area contributed by atoms with E-state index in [1.165, 1.54) is 0 Å². The Kier molecular flexibility index (Phi) is 6.06. The third-order valence-corrected chi connectivity index (χ3v) is 1.05. The van der Waals surface area contributed by atoms with E-state index >= 15 is 0 Å². The van der Waals surface area contributed by atoms with Gasteiger partial charge in [-0.05, 0) is 13.8 Å². The molecule has 0 aliphatic carbocycles. The highest BCUT2D eigenvalue weighted by atomic mass is 15.5. The summed E-state index contributed by atoms with van der Waals surface area (Å²) in [6, 6.07) is 0.181. The molecule has 0 aromatic rings. The fourth-order valence-corrected chi connectivity index (χ4v) is 0.671. The molecule has 3 heteroatoms. The molecule has 0 bridgehead atoms. The fourth-order valence-electron chi connectivity index (χ4n) is 0.671. The van der Waals surface area contributed by atoms with Gasteiger partial charge in [-0.2, -0.15) is 5.53 Å². The van der Waals surface area contributed by atoms with Crippen molar-refractivity contribution < 1.29 is 0 Å². The van der Waals surface area contributed by atoms with Crippen LogP contribution in [0.1, 0.15) is 13.8 Å². The van der Waals surface area contributed by atoms with Gasteiger partial charge in [-0.25, -0.2) is 5.43 Å². The monoisotopic (exact) mass is 141 g/mol. The van der Waals surface area contributed by atoms with Crippen LogP contribution in [-0.4, -0.2) is 6.04 Å². The van der Waals surface area contributed by atoms with E-state index in [0.717, 1.165) is 0 Å². The lowest BCUT2D eigenvalue weighted by Gasteiger charge is -2.07. The Morgan fingerprint density at radius 1 is 1.20 bits per heavy atom. The number of rotatable bonds is 4. The summed E-state index contributed by atoms with van der Waals surface area (Å²) in [6.07, 6.45) is 7.93. The van der Waals surface area contributed by atoms with Crippen molar-refractivity contribution in [3.63, 3.8) is 0 Å². The van der Waals surface area contributed by atoms with Gasteiger partial charge in [0, 0.05) is 0 Å². The minimum atomic E-state index is 0.181. The van der Waals surface area contributed by atoms with Crippen molar-refractivity contribution in [1.29, 1.82) is 0 Å². The van der Waals surface area contributed by atoms with Gasteiger partial charge in [0.15, 0.2) is 0 Å². The Morgan fingerprint density at radius 3 is 2.00 bits per heavy atom. The van der Waals surface area contributed by atoms with Gasteiger partial charge >= 0.3 is 0 Å². The molecular formula is C7H15N3. The van der Waals surface area contributed by atoms with Crippen molar-refractivity contribution in [2.24, 2.45) is 5.84 Å². The third kappa shape index (κ3) is 4.26. The Labute approximate surface area is 61.9 Å². The number of hydrogen-bond donors (Lipinski definition) is 3. The second-order valence-corrected chi connectivity index (χ2v) is 1.87. The van der Waals surface area contributed by atoms with Crippen molar-refractivity contribution >= 4 is 0 Å². The molecule has 0 amide bonds. The molecule has 0 fully saturated rings. The van der Waals surface area contributed by atoms with Crippen molar-refractivity contribution in [2.45, 2.75) is 19.9 Å². The smallest absolute Gasteiger partial charge is 0.0586 e. The molecule has 0 saturated heterocycles. The van der Waals surface area contributed by atoms with E-state index in [1.54, 1.807) is 0 Å². The molecule has 0 spiro atoms. The number of nitrogens with one attached hydrogen (secondary N) is 2. The number of nitrogens with two attached hydrogens (primary N) is 1. The van der Waals surface area contributed by atoms with Gasteiger partial charge in [0.05, 0.1) is 6.04 Å². The Hall–Kier alpha value is -0.640. The lowest BCUT2D eigenvalue weighted by molar-refractivity contribution is 0.542. The van der Waals surface area contributed by atoms with Crippen LogP contribution in [0, 0.1) is 0 Å². The van der Waals surface area contributed by atoms with Gasteiger partial charge in [0.1, 0.15) is 0 Å². The number of hydrogen-bond acceptors (Lipinski definition) is 3. The highest BCUT2D eigenvalue weighted by molar-refractivity contribution is 5.03. The van der Waals surface area contributed by atoms with Crippen LogP contribution in [0.5, 0.6) is 0 Å². The minimum absolute atomic E-state index is 0.181. The molecule has 10 heavy (non-hydrogen) atoms. The lowest BCUT2D eigenvalue weighted by atomic mass is 10.2. The van der Waals surface area contributed by atoms with Crippen LogP contribution in [0.25, 0.3) is 0 Å². The average molecular weight is 141 g/mol. The second kappa shape index (κ2) is 6.48. The second-order valence-electron chi connectivity index (χ2n) is 1.87. The molecule has 0 saturated carbocycles. The summed E-state index contributed by atoms with van der Waals surface area (Å²) in [6.45, 7) is 3.93. The van der Waals surface area contributed by atoms with Crippen LogP contribution < -0.4 is 16.8 Å². The molecular weight excluding hydrogens is 126 g/mol. The molecule has 0 aromatic carbocycles. The molecule has 0 atom stereocenters. The Balaban J connectivity index is 3.72. The zero-order chi connectivity index (χ0) is 7.82. The van der Waals surface area contributed by atoms with Crippen LogP contribution in [0.2, 0.25) is 0 Å². The zero-order valence-electron chi connectivity index (χ0n) is 6.46. The van der Waals surface area contributed by atoms with Crippen molar-refractivity contribution in [1.82, 2.24) is 11.0 Å². The standard InChI is InChI=1S/C7H15N3/c1-3-5-7(6-4-2)9-10-8/h3-7,9-10H,8H2,1-2H3/b5-3-,6-4-. The maximum atomic E-state index is 5.06. The first-order valence-electron chi connectivity index (χ1n) is 3.32. The average Bonchev–Trinajstić information content (AvgIpc) is 1.90. The third-order valence-electron chi connectivity index (χ3n) is 1.05. The maximum Gasteiger partial charge on any atom is 0.0586 e. The van der Waals surface area contributed by atoms with Gasteiger partial charge < -0.3 is 0 Å². The van der Waals surface area contributed by atoms with Crippen LogP contribution in [-0.2, 0) is 0 Å². The summed E-state index contributed by atoms with van der Waals surface area (Å²) in [4.78, 5) is 0. The summed E-state index contributed by atoms with van der Waals surface area (Å²) in [5.74, 6) is 5.06. The van der Waals surface area contributed by atoms with E-state index in [-0.39, 0.29) is 6.04 Å². The van der Waals surface area contributed by atoms with Crippen molar-refractivity contribution in [3.05, 3.63) is 24.3 Å². The molecule has 0 heterocycles. The van der Waals surface area contributed by atoms with E-state index in [9.17, 15) is 0 Å². The molecule has 0 radical (unpaired) electrons. The van der Waals surface area contributed by atoms with E-state index < -0.39 is 0 Å². The summed E-state index contributed by atoms with van der Waals surface area (Å²) in [5.41, 5.74) is 5.22.